The summed E-state index contributed by atoms with van der Waals surface area (Å²) in [5.74, 6) is -0.750. The summed E-state index contributed by atoms with van der Waals surface area (Å²) < 4.78 is 0. The third-order valence-corrected chi connectivity index (χ3v) is 4.85. The number of nitrogens with zero attached hydrogens (tertiary/aromatic N) is 1. The maximum Gasteiger partial charge on any atom is 0.260 e. The van der Waals surface area contributed by atoms with Crippen LogP contribution in [0, 0.1) is 0 Å². The Morgan fingerprint density at radius 2 is 1.75 bits per heavy atom. The lowest BCUT2D eigenvalue weighted by molar-refractivity contribution is -0.860. The number of nitrogens with one attached hydrogen (secondary N) is 2. The van der Waals surface area contributed by atoms with Crippen LogP contribution in [0.3, 0.4) is 0 Å². The highest BCUT2D eigenvalue weighted by atomic mass is 16.2. The van der Waals surface area contributed by atoms with Gasteiger partial charge >= 0.3 is 0 Å². The first-order chi connectivity index (χ1) is 13.5. The van der Waals surface area contributed by atoms with Crippen LogP contribution in [0.4, 0.5) is 0 Å². The molecule has 3 rings (SSSR count). The fourth-order valence-corrected chi connectivity index (χ4v) is 3.45. The Labute approximate surface area is 165 Å². The van der Waals surface area contributed by atoms with Crippen LogP contribution in [0.1, 0.15) is 33.9 Å². The lowest BCUT2D eigenvalue weighted by atomic mass is 9.98. The number of benzene rings is 2. The molecule has 1 aliphatic rings. The number of hydrogen-bond acceptors (Lipinski definition) is 3. The lowest BCUT2D eigenvalue weighted by Gasteiger charge is -2.27. The van der Waals surface area contributed by atoms with Crippen molar-refractivity contribution in [2.75, 3.05) is 27.2 Å². The van der Waals surface area contributed by atoms with E-state index in [-0.39, 0.29) is 43.1 Å². The Morgan fingerprint density at radius 1 is 1.07 bits per heavy atom. The van der Waals surface area contributed by atoms with Crippen molar-refractivity contribution in [1.29, 1.82) is 0 Å². The van der Waals surface area contributed by atoms with Gasteiger partial charge in [0, 0.05) is 18.5 Å². The van der Waals surface area contributed by atoms with E-state index in [1.165, 1.54) is 9.80 Å². The van der Waals surface area contributed by atoms with Gasteiger partial charge in [0.25, 0.3) is 5.91 Å². The van der Waals surface area contributed by atoms with Crippen molar-refractivity contribution in [3.63, 3.8) is 0 Å². The SMILES string of the molecule is C[NH+](C)C[C@H](NC(=O)CCN1C(=O)Cc2ccccc2C1=O)c1ccccc1. The van der Waals surface area contributed by atoms with Crippen LogP contribution in [0.25, 0.3) is 0 Å². The van der Waals surface area contributed by atoms with Gasteiger partial charge in [-0.2, -0.15) is 0 Å². The summed E-state index contributed by atoms with van der Waals surface area (Å²) in [6, 6.07) is 16.8. The van der Waals surface area contributed by atoms with E-state index in [0.717, 1.165) is 17.7 Å². The maximum atomic E-state index is 12.6. The Hall–Kier alpha value is -2.99. The molecular formula is C22H26N3O3+. The molecule has 6 heteroatoms. The van der Waals surface area contributed by atoms with Gasteiger partial charge in [-0.25, -0.2) is 0 Å². The molecule has 0 spiro atoms. The first-order valence-corrected chi connectivity index (χ1v) is 9.51. The molecule has 0 aliphatic carbocycles. The molecule has 6 nitrogen and oxygen atoms in total. The van der Waals surface area contributed by atoms with Crippen LogP contribution in [-0.2, 0) is 16.0 Å². The summed E-state index contributed by atoms with van der Waals surface area (Å²) in [5.41, 5.74) is 2.33. The molecule has 28 heavy (non-hydrogen) atoms. The summed E-state index contributed by atoms with van der Waals surface area (Å²) in [6.45, 7) is 0.832. The van der Waals surface area contributed by atoms with E-state index in [0.29, 0.717) is 5.56 Å². The van der Waals surface area contributed by atoms with Crippen molar-refractivity contribution < 1.29 is 19.3 Å². The van der Waals surface area contributed by atoms with Gasteiger partial charge < -0.3 is 10.2 Å². The zero-order valence-corrected chi connectivity index (χ0v) is 16.3. The summed E-state index contributed by atoms with van der Waals surface area (Å²) in [7, 11) is 4.06. The van der Waals surface area contributed by atoms with E-state index in [1.54, 1.807) is 18.2 Å². The fraction of sp³-hybridized carbons (Fsp3) is 0.318. The van der Waals surface area contributed by atoms with Crippen molar-refractivity contribution in [2.24, 2.45) is 0 Å². The zero-order valence-electron chi connectivity index (χ0n) is 16.3. The van der Waals surface area contributed by atoms with Crippen LogP contribution in [0.2, 0.25) is 0 Å². The predicted molar refractivity (Wildman–Crippen MR) is 106 cm³/mol. The number of carbonyl (C=O) groups is 3. The largest absolute Gasteiger partial charge is 0.344 e. The molecule has 0 radical (unpaired) electrons. The quantitative estimate of drug-likeness (QED) is 0.692. The molecule has 2 aromatic carbocycles. The summed E-state index contributed by atoms with van der Waals surface area (Å²) in [6.07, 6.45) is 0.284. The van der Waals surface area contributed by atoms with Gasteiger partial charge in [-0.1, -0.05) is 48.5 Å². The molecule has 2 N–H and O–H groups in total. The van der Waals surface area contributed by atoms with Crippen LogP contribution in [0.5, 0.6) is 0 Å². The van der Waals surface area contributed by atoms with Gasteiger partial charge in [-0.05, 0) is 17.2 Å². The lowest BCUT2D eigenvalue weighted by Crippen LogP contribution is -3.06. The van der Waals surface area contributed by atoms with E-state index in [4.69, 9.17) is 0 Å². The molecule has 1 aliphatic heterocycles. The first kappa shape index (κ1) is 19.8. The first-order valence-electron chi connectivity index (χ1n) is 9.51. The third-order valence-electron chi connectivity index (χ3n) is 4.85. The Morgan fingerprint density at radius 3 is 2.46 bits per heavy atom. The van der Waals surface area contributed by atoms with Crippen molar-refractivity contribution in [1.82, 2.24) is 10.2 Å². The summed E-state index contributed by atoms with van der Waals surface area (Å²) >= 11 is 0. The topological polar surface area (TPSA) is 70.9 Å². The molecule has 0 saturated heterocycles. The minimum absolute atomic E-state index is 0.0890. The highest BCUT2D eigenvalue weighted by Crippen LogP contribution is 2.20. The normalized spacial score (nSPS) is 14.8. The van der Waals surface area contributed by atoms with Crippen molar-refractivity contribution in [3.8, 4) is 0 Å². The van der Waals surface area contributed by atoms with Crippen molar-refractivity contribution in [3.05, 3.63) is 71.3 Å². The molecule has 146 valence electrons. The number of likely N-dealkylation sites (N-methyl/N-ethyl adjacent to an activating group) is 1. The third kappa shape index (κ3) is 4.64. The number of amides is 3. The van der Waals surface area contributed by atoms with Crippen LogP contribution in [0.15, 0.2) is 54.6 Å². The second-order valence-corrected chi connectivity index (χ2v) is 7.38. The van der Waals surface area contributed by atoms with Gasteiger partial charge in [-0.3, -0.25) is 19.3 Å². The highest BCUT2D eigenvalue weighted by molar-refractivity contribution is 6.09. The molecule has 2 aromatic rings. The monoisotopic (exact) mass is 380 g/mol. The molecule has 0 bridgehead atoms. The van der Waals surface area contributed by atoms with Gasteiger partial charge in [0.15, 0.2) is 0 Å². The number of imide groups is 1. The van der Waals surface area contributed by atoms with E-state index in [1.807, 2.05) is 50.5 Å². The van der Waals surface area contributed by atoms with E-state index in [2.05, 4.69) is 5.32 Å². The molecule has 0 aromatic heterocycles. The van der Waals surface area contributed by atoms with Gasteiger partial charge in [0.1, 0.15) is 12.6 Å². The summed E-state index contributed by atoms with van der Waals surface area (Å²) in [5, 5.41) is 3.04. The second-order valence-electron chi connectivity index (χ2n) is 7.38. The minimum atomic E-state index is -0.322. The standard InChI is InChI=1S/C22H25N3O3/c1-24(2)15-19(16-8-4-3-5-9-16)23-20(26)12-13-25-21(27)14-17-10-6-7-11-18(17)22(25)28/h3-11,19H,12-15H2,1-2H3,(H,23,26)/p+1/t19-/m0/s1. The van der Waals surface area contributed by atoms with Gasteiger partial charge in [0.05, 0.1) is 20.5 Å². The molecule has 0 unspecified atom stereocenters. The van der Waals surface area contributed by atoms with E-state index < -0.39 is 0 Å². The number of fused-ring (bicyclic) bond motifs is 1. The van der Waals surface area contributed by atoms with Crippen molar-refractivity contribution >= 4 is 17.7 Å². The van der Waals surface area contributed by atoms with Crippen LogP contribution >= 0.6 is 0 Å². The average molecular weight is 380 g/mol. The smallest absolute Gasteiger partial charge is 0.260 e. The van der Waals surface area contributed by atoms with Crippen molar-refractivity contribution in [2.45, 2.75) is 18.9 Å². The zero-order chi connectivity index (χ0) is 20.1. The number of quaternary nitrogens is 1. The second kappa shape index (κ2) is 8.80. The van der Waals surface area contributed by atoms with Crippen LogP contribution < -0.4 is 10.2 Å². The maximum absolute atomic E-state index is 12.6. The van der Waals surface area contributed by atoms with E-state index in [9.17, 15) is 14.4 Å². The summed E-state index contributed by atoms with van der Waals surface area (Å²) in [4.78, 5) is 39.9. The van der Waals surface area contributed by atoms with Gasteiger partial charge in [-0.15, -0.1) is 0 Å². The van der Waals surface area contributed by atoms with Gasteiger partial charge in [0.2, 0.25) is 11.8 Å². The molecule has 1 heterocycles. The fourth-order valence-electron chi connectivity index (χ4n) is 3.45. The predicted octanol–water partition coefficient (Wildman–Crippen LogP) is 0.604. The number of carbonyl (C=O) groups excluding carboxylic acids is 3. The number of rotatable bonds is 7. The Balaban J connectivity index is 1.63. The number of hydrogen-bond donors (Lipinski definition) is 2. The van der Waals surface area contributed by atoms with E-state index >= 15 is 0 Å². The molecular weight excluding hydrogens is 354 g/mol. The highest BCUT2D eigenvalue weighted by Gasteiger charge is 2.30. The minimum Gasteiger partial charge on any atom is -0.344 e. The molecule has 0 fully saturated rings. The average Bonchev–Trinajstić information content (AvgIpc) is 2.67. The Kier molecular flexibility index (Phi) is 6.21. The Bertz CT molecular complexity index is 864. The molecule has 1 atom stereocenters. The molecule has 3 amide bonds. The molecule has 0 saturated carbocycles. The van der Waals surface area contributed by atoms with Crippen LogP contribution in [-0.4, -0.2) is 49.8 Å².